The van der Waals surface area contributed by atoms with E-state index in [9.17, 15) is 22.8 Å². The van der Waals surface area contributed by atoms with Gasteiger partial charge in [-0.2, -0.15) is 18.4 Å². The van der Waals surface area contributed by atoms with Crippen LogP contribution in [0.1, 0.15) is 38.3 Å². The summed E-state index contributed by atoms with van der Waals surface area (Å²) in [4.78, 5) is 30.5. The first-order valence-corrected chi connectivity index (χ1v) is 12.9. The molecule has 0 fully saturated rings. The molecule has 226 valence electrons. The normalized spacial score (nSPS) is 12.7. The minimum Gasteiger partial charge on any atom is -0.486 e. The number of halogens is 4. The summed E-state index contributed by atoms with van der Waals surface area (Å²) >= 11 is 5.60. The van der Waals surface area contributed by atoms with Crippen molar-refractivity contribution in [3.8, 4) is 6.07 Å². The van der Waals surface area contributed by atoms with Crippen molar-refractivity contribution in [2.24, 2.45) is 12.0 Å². The van der Waals surface area contributed by atoms with Crippen LogP contribution in [0.3, 0.4) is 0 Å². The summed E-state index contributed by atoms with van der Waals surface area (Å²) in [5.74, 6) is -0.914. The number of hydrogen-bond donors (Lipinski definition) is 0. The van der Waals surface area contributed by atoms with Crippen LogP contribution in [0.25, 0.3) is 0 Å². The van der Waals surface area contributed by atoms with Gasteiger partial charge in [-0.25, -0.2) is 9.38 Å². The third-order valence-electron chi connectivity index (χ3n) is 6.08. The van der Waals surface area contributed by atoms with Crippen LogP contribution in [0.2, 0.25) is 0 Å². The molecule has 2 rings (SSSR count). The van der Waals surface area contributed by atoms with Gasteiger partial charge in [0.05, 0.1) is 40.7 Å². The Balaban J connectivity index is 2.67. The standard InChI is InChI=1S/C28H31F4N5O4S/c1-7-23(24(16-38)41-11-10-40-6)34-25-22(29)13-20(15-35(25)4)37(27(2,3)17-39)26(42)36(5)19-9-8-18(14-33)21(12-19)28(30,31)32/h8-9,12-13,15-17H,7,10-11H2,1-6H3/b24-23+,34-25-. The van der Waals surface area contributed by atoms with Gasteiger partial charge in [0.2, 0.25) is 0 Å². The van der Waals surface area contributed by atoms with Crippen molar-refractivity contribution in [3.05, 3.63) is 64.4 Å². The van der Waals surface area contributed by atoms with Gasteiger partial charge in [-0.15, -0.1) is 0 Å². The maximum Gasteiger partial charge on any atom is 0.417 e. The smallest absolute Gasteiger partial charge is 0.417 e. The average molecular weight is 610 g/mol. The summed E-state index contributed by atoms with van der Waals surface area (Å²) < 4.78 is 68.0. The van der Waals surface area contributed by atoms with Gasteiger partial charge < -0.3 is 28.6 Å². The largest absolute Gasteiger partial charge is 0.486 e. The molecule has 0 spiro atoms. The van der Waals surface area contributed by atoms with E-state index in [0.29, 0.717) is 12.6 Å². The highest BCUT2D eigenvalue weighted by molar-refractivity contribution is 7.80. The van der Waals surface area contributed by atoms with E-state index in [1.807, 2.05) is 0 Å². The Hall–Kier alpha value is -4.09. The lowest BCUT2D eigenvalue weighted by atomic mass is 10.0. The fourth-order valence-electron chi connectivity index (χ4n) is 3.85. The van der Waals surface area contributed by atoms with Gasteiger partial charge in [-0.05, 0) is 50.7 Å². The number of aryl methyl sites for hydroxylation is 1. The molecule has 0 bridgehead atoms. The molecule has 2 aromatic rings. The number of methoxy groups -OCH3 is 1. The summed E-state index contributed by atoms with van der Waals surface area (Å²) in [5.41, 5.74) is -2.98. The SMILES string of the molecule is CCC(/N=c1/c(F)cc(N(C(=S)N(C)c2ccc(C#N)c(C(F)(F)F)c2)C(C)(C)C=O)cn1C)=C(/C=O)OCCOC. The minimum atomic E-state index is -4.80. The number of aromatic nitrogens is 1. The number of thiocarbonyl (C=S) groups is 1. The van der Waals surface area contributed by atoms with Crippen molar-refractivity contribution in [3.63, 3.8) is 0 Å². The van der Waals surface area contributed by atoms with Crippen molar-refractivity contribution in [1.82, 2.24) is 4.57 Å². The van der Waals surface area contributed by atoms with E-state index < -0.39 is 28.7 Å². The van der Waals surface area contributed by atoms with Crippen molar-refractivity contribution in [2.75, 3.05) is 37.2 Å². The molecule has 0 N–H and O–H groups in total. The Bertz CT molecular complexity index is 1450. The Morgan fingerprint density at radius 3 is 2.36 bits per heavy atom. The molecule has 0 aliphatic heterocycles. The second kappa shape index (κ2) is 14.2. The maximum atomic E-state index is 15.6. The fraction of sp³-hybridized carbons (Fsp3) is 0.393. The molecule has 0 aliphatic rings. The molecule has 9 nitrogen and oxygen atoms in total. The number of carbonyl (C=O) groups is 2. The molecule has 0 unspecified atom stereocenters. The van der Waals surface area contributed by atoms with Crippen LogP contribution in [0.5, 0.6) is 0 Å². The predicted molar refractivity (Wildman–Crippen MR) is 152 cm³/mol. The van der Waals surface area contributed by atoms with Crippen LogP contribution >= 0.6 is 12.2 Å². The molecule has 1 aromatic heterocycles. The third kappa shape index (κ3) is 7.80. The van der Waals surface area contributed by atoms with E-state index in [1.165, 1.54) is 67.8 Å². The summed E-state index contributed by atoms with van der Waals surface area (Å²) in [6, 6.07) is 5.68. The number of nitriles is 1. The molecule has 0 atom stereocenters. The van der Waals surface area contributed by atoms with Gasteiger partial charge in [-0.1, -0.05) is 6.92 Å². The van der Waals surface area contributed by atoms with Gasteiger partial charge >= 0.3 is 6.18 Å². The molecular weight excluding hydrogens is 578 g/mol. The summed E-state index contributed by atoms with van der Waals surface area (Å²) in [6.07, 6.45) is -2.08. The molecule has 0 saturated carbocycles. The van der Waals surface area contributed by atoms with Crippen molar-refractivity contribution in [2.45, 2.75) is 38.9 Å². The van der Waals surface area contributed by atoms with Crippen LogP contribution in [-0.2, 0) is 32.3 Å². The zero-order valence-corrected chi connectivity index (χ0v) is 24.8. The van der Waals surface area contributed by atoms with Crippen LogP contribution in [0, 0.1) is 17.1 Å². The molecule has 0 saturated heterocycles. The minimum absolute atomic E-state index is 0.0120. The second-order valence-corrected chi connectivity index (χ2v) is 9.87. The van der Waals surface area contributed by atoms with E-state index in [4.69, 9.17) is 27.0 Å². The molecule has 0 radical (unpaired) electrons. The highest BCUT2D eigenvalue weighted by atomic mass is 32.1. The summed E-state index contributed by atoms with van der Waals surface area (Å²) in [7, 11) is 4.35. The molecular formula is C28H31F4N5O4S. The zero-order valence-electron chi connectivity index (χ0n) is 24.0. The lowest BCUT2D eigenvalue weighted by molar-refractivity contribution is -0.137. The van der Waals surface area contributed by atoms with Gasteiger partial charge in [0.1, 0.15) is 12.9 Å². The molecule has 1 heterocycles. The highest BCUT2D eigenvalue weighted by Crippen LogP contribution is 2.35. The maximum absolute atomic E-state index is 15.6. The van der Waals surface area contributed by atoms with Crippen LogP contribution in [0.4, 0.5) is 28.9 Å². The number of aldehydes is 2. The zero-order chi connectivity index (χ0) is 31.8. The Morgan fingerprint density at radius 2 is 1.86 bits per heavy atom. The van der Waals surface area contributed by atoms with Crippen LogP contribution < -0.4 is 15.3 Å². The first-order valence-electron chi connectivity index (χ1n) is 12.5. The number of rotatable bonds is 11. The summed E-state index contributed by atoms with van der Waals surface area (Å²) in [6.45, 7) is 5.03. The van der Waals surface area contributed by atoms with Gasteiger partial charge in [0.15, 0.2) is 28.5 Å². The number of nitrogens with zero attached hydrogens (tertiary/aromatic N) is 5. The van der Waals surface area contributed by atoms with E-state index in [-0.39, 0.29) is 53.1 Å². The topological polar surface area (TPSA) is 100 Å². The first-order chi connectivity index (χ1) is 19.7. The first kappa shape index (κ1) is 34.1. The predicted octanol–water partition coefficient (Wildman–Crippen LogP) is 4.64. The van der Waals surface area contributed by atoms with E-state index >= 15 is 4.39 Å². The van der Waals surface area contributed by atoms with Gasteiger partial charge in [0.25, 0.3) is 0 Å². The van der Waals surface area contributed by atoms with E-state index in [0.717, 1.165) is 18.2 Å². The fourth-order valence-corrected chi connectivity index (χ4v) is 4.29. The Morgan fingerprint density at radius 1 is 1.19 bits per heavy atom. The number of alkyl halides is 3. The van der Waals surface area contributed by atoms with Crippen LogP contribution in [0.15, 0.2) is 46.9 Å². The second-order valence-electron chi connectivity index (χ2n) is 9.50. The number of anilines is 2. The van der Waals surface area contributed by atoms with Crippen molar-refractivity contribution >= 4 is 41.3 Å². The highest BCUT2D eigenvalue weighted by Gasteiger charge is 2.36. The number of benzene rings is 1. The molecule has 42 heavy (non-hydrogen) atoms. The Labute approximate surface area is 246 Å². The molecule has 1 aromatic carbocycles. The monoisotopic (exact) mass is 609 g/mol. The number of hydrogen-bond acceptors (Lipinski definition) is 7. The van der Waals surface area contributed by atoms with Crippen molar-refractivity contribution < 1.29 is 36.6 Å². The van der Waals surface area contributed by atoms with E-state index in [2.05, 4.69) is 4.99 Å². The van der Waals surface area contributed by atoms with Crippen molar-refractivity contribution in [1.29, 1.82) is 5.26 Å². The van der Waals surface area contributed by atoms with Gasteiger partial charge in [-0.3, -0.25) is 4.79 Å². The summed E-state index contributed by atoms with van der Waals surface area (Å²) in [5, 5.41) is 8.99. The number of allylic oxidation sites excluding steroid dienone is 2. The molecule has 0 aliphatic carbocycles. The van der Waals surface area contributed by atoms with Gasteiger partial charge in [0, 0.05) is 39.2 Å². The third-order valence-corrected chi connectivity index (χ3v) is 6.53. The Kier molecular flexibility index (Phi) is 11.5. The van der Waals surface area contributed by atoms with Crippen LogP contribution in [-0.4, -0.2) is 55.2 Å². The lowest BCUT2D eigenvalue weighted by Gasteiger charge is -2.39. The number of ether oxygens (including phenoxy) is 2. The number of pyridine rings is 1. The quantitative estimate of drug-likeness (QED) is 0.0908. The lowest BCUT2D eigenvalue weighted by Crippen LogP contribution is -2.54. The molecule has 14 heteroatoms. The number of carbonyl (C=O) groups excluding carboxylic acids is 2. The average Bonchev–Trinajstić information content (AvgIpc) is 2.94. The van der Waals surface area contributed by atoms with E-state index in [1.54, 1.807) is 6.92 Å². The molecule has 0 amide bonds.